The Labute approximate surface area is 169 Å². The van der Waals surface area contributed by atoms with Gasteiger partial charge in [0.25, 0.3) is 15.9 Å². The number of halogens is 4. The average Bonchev–Trinajstić information content (AvgIpc) is 2.68. The van der Waals surface area contributed by atoms with Crippen LogP contribution in [0, 0.1) is 5.82 Å². The Balaban J connectivity index is 1.78. The van der Waals surface area contributed by atoms with Gasteiger partial charge in [0.2, 0.25) is 0 Å². The van der Waals surface area contributed by atoms with Gasteiger partial charge >= 0.3 is 6.18 Å². The minimum absolute atomic E-state index is 0.0201. The van der Waals surface area contributed by atoms with E-state index in [4.69, 9.17) is 0 Å². The Morgan fingerprint density at radius 2 is 1.47 bits per heavy atom. The van der Waals surface area contributed by atoms with Crippen LogP contribution in [0.15, 0.2) is 77.7 Å². The largest absolute Gasteiger partial charge is 0.416 e. The number of anilines is 2. The fourth-order valence-corrected chi connectivity index (χ4v) is 3.58. The molecule has 0 fully saturated rings. The van der Waals surface area contributed by atoms with E-state index in [-0.39, 0.29) is 21.8 Å². The lowest BCUT2D eigenvalue weighted by Crippen LogP contribution is -2.15. The molecule has 0 unspecified atom stereocenters. The lowest BCUT2D eigenvalue weighted by molar-refractivity contribution is -0.137. The number of hydrogen-bond donors (Lipinski definition) is 2. The van der Waals surface area contributed by atoms with Crippen molar-refractivity contribution in [2.75, 3.05) is 10.0 Å². The highest BCUT2D eigenvalue weighted by atomic mass is 32.2. The molecule has 0 saturated heterocycles. The monoisotopic (exact) mass is 438 g/mol. The van der Waals surface area contributed by atoms with Crippen molar-refractivity contribution in [3.63, 3.8) is 0 Å². The van der Waals surface area contributed by atoms with Crippen LogP contribution in [0.3, 0.4) is 0 Å². The van der Waals surface area contributed by atoms with Gasteiger partial charge in [0.05, 0.1) is 10.5 Å². The summed E-state index contributed by atoms with van der Waals surface area (Å²) in [4.78, 5) is 12.2. The van der Waals surface area contributed by atoms with Crippen molar-refractivity contribution in [2.45, 2.75) is 11.1 Å². The van der Waals surface area contributed by atoms with E-state index in [2.05, 4.69) is 10.0 Å². The van der Waals surface area contributed by atoms with Crippen molar-refractivity contribution in [1.29, 1.82) is 0 Å². The highest BCUT2D eigenvalue weighted by Crippen LogP contribution is 2.30. The number of carbonyl (C=O) groups excluding carboxylic acids is 1. The first-order chi connectivity index (χ1) is 14.0. The molecule has 0 heterocycles. The summed E-state index contributed by atoms with van der Waals surface area (Å²) in [6, 6.07) is 13.7. The molecule has 156 valence electrons. The number of carbonyl (C=O) groups is 1. The van der Waals surface area contributed by atoms with Crippen LogP contribution in [-0.4, -0.2) is 14.3 Å². The summed E-state index contributed by atoms with van der Waals surface area (Å²) in [5.74, 6) is -1.32. The van der Waals surface area contributed by atoms with Crippen molar-refractivity contribution in [3.8, 4) is 0 Å². The standard InChI is InChI=1S/C20H14F4N2O3S/c21-15-7-9-18(10-8-15)30(28,29)26-17-6-1-3-13(11-17)19(27)25-16-5-2-4-14(12-16)20(22,23)24/h1-12,26H,(H,25,27). The molecule has 0 aliphatic heterocycles. The summed E-state index contributed by atoms with van der Waals surface area (Å²) in [6.07, 6.45) is -4.56. The molecular formula is C20H14F4N2O3S. The maximum atomic E-state index is 13.0. The first-order valence-corrected chi connectivity index (χ1v) is 9.90. The van der Waals surface area contributed by atoms with E-state index in [9.17, 15) is 30.8 Å². The van der Waals surface area contributed by atoms with Crippen molar-refractivity contribution < 1.29 is 30.8 Å². The number of nitrogens with one attached hydrogen (secondary N) is 2. The maximum absolute atomic E-state index is 13.0. The van der Waals surface area contributed by atoms with Crippen LogP contribution in [0.4, 0.5) is 28.9 Å². The molecule has 0 saturated carbocycles. The van der Waals surface area contributed by atoms with Gasteiger partial charge in [-0.25, -0.2) is 12.8 Å². The first-order valence-electron chi connectivity index (χ1n) is 8.42. The molecule has 0 bridgehead atoms. The minimum Gasteiger partial charge on any atom is -0.322 e. The lowest BCUT2D eigenvalue weighted by atomic mass is 10.1. The molecule has 30 heavy (non-hydrogen) atoms. The van der Waals surface area contributed by atoms with E-state index < -0.39 is 33.5 Å². The number of benzene rings is 3. The van der Waals surface area contributed by atoms with Gasteiger partial charge in [-0.3, -0.25) is 9.52 Å². The van der Waals surface area contributed by atoms with E-state index in [1.807, 2.05) is 0 Å². The second-order valence-corrected chi connectivity index (χ2v) is 7.86. The Hall–Kier alpha value is -3.40. The summed E-state index contributed by atoms with van der Waals surface area (Å²) in [5.41, 5.74) is -0.907. The molecule has 0 aromatic heterocycles. The number of sulfonamides is 1. The first kappa shape index (κ1) is 21.3. The Kier molecular flexibility index (Phi) is 5.79. The molecule has 0 atom stereocenters. The van der Waals surface area contributed by atoms with Crippen LogP contribution in [0.2, 0.25) is 0 Å². The molecule has 0 aliphatic carbocycles. The van der Waals surface area contributed by atoms with Crippen LogP contribution in [0.25, 0.3) is 0 Å². The third-order valence-corrected chi connectivity index (χ3v) is 5.35. The number of alkyl halides is 3. The van der Waals surface area contributed by atoms with Crippen LogP contribution >= 0.6 is 0 Å². The molecule has 2 N–H and O–H groups in total. The average molecular weight is 438 g/mol. The molecule has 0 radical (unpaired) electrons. The van der Waals surface area contributed by atoms with Crippen molar-refractivity contribution in [3.05, 3.63) is 89.7 Å². The summed E-state index contributed by atoms with van der Waals surface area (Å²) in [6.45, 7) is 0. The Bertz CT molecular complexity index is 1180. The maximum Gasteiger partial charge on any atom is 0.416 e. The van der Waals surface area contributed by atoms with Gasteiger partial charge in [0.15, 0.2) is 0 Å². The zero-order valence-corrected chi connectivity index (χ0v) is 15.9. The lowest BCUT2D eigenvalue weighted by Gasteiger charge is -2.11. The van der Waals surface area contributed by atoms with E-state index in [0.29, 0.717) is 0 Å². The van der Waals surface area contributed by atoms with Crippen LogP contribution < -0.4 is 10.0 Å². The summed E-state index contributed by atoms with van der Waals surface area (Å²) in [5, 5.41) is 2.34. The van der Waals surface area contributed by atoms with Gasteiger partial charge in [-0.1, -0.05) is 12.1 Å². The van der Waals surface area contributed by atoms with Crippen molar-refractivity contribution >= 4 is 27.3 Å². The number of rotatable bonds is 5. The van der Waals surface area contributed by atoms with E-state index >= 15 is 0 Å². The van der Waals surface area contributed by atoms with E-state index in [0.717, 1.165) is 42.5 Å². The van der Waals surface area contributed by atoms with Crippen LogP contribution in [0.5, 0.6) is 0 Å². The zero-order chi connectivity index (χ0) is 21.9. The molecule has 0 spiro atoms. The third-order valence-electron chi connectivity index (χ3n) is 3.95. The van der Waals surface area contributed by atoms with Gasteiger partial charge in [-0.05, 0) is 60.7 Å². The van der Waals surface area contributed by atoms with Gasteiger partial charge in [-0.15, -0.1) is 0 Å². The number of amides is 1. The highest BCUT2D eigenvalue weighted by molar-refractivity contribution is 7.92. The SMILES string of the molecule is O=C(Nc1cccc(C(F)(F)F)c1)c1cccc(NS(=O)(=O)c2ccc(F)cc2)c1. The predicted octanol–water partition coefficient (Wildman–Crippen LogP) is 4.90. The molecule has 0 aliphatic rings. The second kappa shape index (κ2) is 8.15. The normalized spacial score (nSPS) is 11.7. The van der Waals surface area contributed by atoms with Gasteiger partial charge in [0.1, 0.15) is 5.82 Å². The van der Waals surface area contributed by atoms with Gasteiger partial charge in [0, 0.05) is 16.9 Å². The molecule has 3 aromatic rings. The molecular weight excluding hydrogens is 424 g/mol. The van der Waals surface area contributed by atoms with Crippen molar-refractivity contribution in [2.24, 2.45) is 0 Å². The van der Waals surface area contributed by atoms with Crippen LogP contribution in [-0.2, 0) is 16.2 Å². The number of hydrogen-bond acceptors (Lipinski definition) is 3. The fourth-order valence-electron chi connectivity index (χ4n) is 2.53. The molecule has 1 amide bonds. The van der Waals surface area contributed by atoms with Crippen molar-refractivity contribution in [1.82, 2.24) is 0 Å². The molecule has 3 aromatic carbocycles. The Morgan fingerprint density at radius 1 is 0.833 bits per heavy atom. The molecule has 3 rings (SSSR count). The summed E-state index contributed by atoms with van der Waals surface area (Å²) < 4.78 is 78.4. The summed E-state index contributed by atoms with van der Waals surface area (Å²) in [7, 11) is -4.03. The minimum atomic E-state index is -4.56. The quantitative estimate of drug-likeness (QED) is 0.557. The van der Waals surface area contributed by atoms with Gasteiger partial charge < -0.3 is 5.32 Å². The highest BCUT2D eigenvalue weighted by Gasteiger charge is 2.30. The Morgan fingerprint density at radius 3 is 2.13 bits per heavy atom. The molecule has 10 heteroatoms. The molecule has 5 nitrogen and oxygen atoms in total. The topological polar surface area (TPSA) is 75.3 Å². The summed E-state index contributed by atoms with van der Waals surface area (Å²) >= 11 is 0. The third kappa shape index (κ3) is 5.15. The van der Waals surface area contributed by atoms with E-state index in [1.54, 1.807) is 0 Å². The smallest absolute Gasteiger partial charge is 0.322 e. The second-order valence-electron chi connectivity index (χ2n) is 6.17. The van der Waals surface area contributed by atoms with E-state index in [1.165, 1.54) is 30.3 Å². The van der Waals surface area contributed by atoms with Crippen LogP contribution in [0.1, 0.15) is 15.9 Å². The van der Waals surface area contributed by atoms with Gasteiger partial charge in [-0.2, -0.15) is 13.2 Å². The fraction of sp³-hybridized carbons (Fsp3) is 0.0500. The predicted molar refractivity (Wildman–Crippen MR) is 103 cm³/mol. The zero-order valence-electron chi connectivity index (χ0n) is 15.1.